The third kappa shape index (κ3) is 3.19. The second-order valence-corrected chi connectivity index (χ2v) is 8.63. The largest absolute Gasteiger partial charge is 0.390 e. The highest BCUT2D eigenvalue weighted by atomic mass is 32.1. The number of nitrogens with zero attached hydrogens (tertiary/aromatic N) is 1. The molecule has 1 saturated carbocycles. The summed E-state index contributed by atoms with van der Waals surface area (Å²) in [6, 6.07) is 5.02. The number of hydrogen-bond acceptors (Lipinski definition) is 4. The molecule has 1 aliphatic heterocycles. The molecule has 0 amide bonds. The molecule has 21 heavy (non-hydrogen) atoms. The van der Waals surface area contributed by atoms with Crippen LogP contribution in [0, 0.1) is 5.92 Å². The Morgan fingerprint density at radius 2 is 2.00 bits per heavy atom. The highest BCUT2D eigenvalue weighted by molar-refractivity contribution is 7.09. The Balaban J connectivity index is 1.73. The fraction of sp³-hybridized carbons (Fsp3) is 0.765. The monoisotopic (exact) mass is 309 g/mol. The van der Waals surface area contributed by atoms with Crippen molar-refractivity contribution in [2.45, 2.75) is 70.4 Å². The van der Waals surface area contributed by atoms with Crippen LogP contribution in [-0.2, 0) is 11.3 Å². The average Bonchev–Trinajstić information content (AvgIpc) is 3.06. The summed E-state index contributed by atoms with van der Waals surface area (Å²) in [5, 5.41) is 12.8. The standard InChI is InChI=1S/C17H27NO2S/c1-16(2)14(15(19)17(3,4)20-16)11-18(12-7-8-12)10-13-6-5-9-21-13/h5-6,9,12,14-15,19H,7-8,10-11H2,1-4H3. The van der Waals surface area contributed by atoms with E-state index in [1.54, 1.807) is 0 Å². The van der Waals surface area contributed by atoms with Gasteiger partial charge in [0.15, 0.2) is 0 Å². The smallest absolute Gasteiger partial charge is 0.0896 e. The lowest BCUT2D eigenvalue weighted by Crippen LogP contribution is -2.43. The average molecular weight is 309 g/mol. The molecule has 0 bridgehead atoms. The maximum Gasteiger partial charge on any atom is 0.0896 e. The van der Waals surface area contributed by atoms with Gasteiger partial charge in [0.05, 0.1) is 17.3 Å². The Kier molecular flexibility index (Phi) is 3.93. The topological polar surface area (TPSA) is 32.7 Å². The van der Waals surface area contributed by atoms with Crippen molar-refractivity contribution in [1.29, 1.82) is 0 Å². The third-order valence-corrected chi connectivity index (χ3v) is 5.81. The van der Waals surface area contributed by atoms with Crippen molar-refractivity contribution in [3.63, 3.8) is 0 Å². The highest BCUT2D eigenvalue weighted by Crippen LogP contribution is 2.44. The molecule has 4 heteroatoms. The van der Waals surface area contributed by atoms with Gasteiger partial charge in [0.1, 0.15) is 0 Å². The van der Waals surface area contributed by atoms with Crippen molar-refractivity contribution in [2.24, 2.45) is 5.92 Å². The van der Waals surface area contributed by atoms with Crippen LogP contribution in [0.5, 0.6) is 0 Å². The van der Waals surface area contributed by atoms with E-state index in [0.29, 0.717) is 6.04 Å². The SMILES string of the molecule is CC1(C)OC(C)(C)C(CN(Cc2cccs2)C2CC2)C1O. The van der Waals surface area contributed by atoms with Gasteiger partial charge in [-0.25, -0.2) is 0 Å². The van der Waals surface area contributed by atoms with Crippen molar-refractivity contribution >= 4 is 11.3 Å². The summed E-state index contributed by atoms with van der Waals surface area (Å²) in [5.74, 6) is 0.160. The van der Waals surface area contributed by atoms with Gasteiger partial charge in [0.25, 0.3) is 0 Å². The molecule has 3 rings (SSSR count). The van der Waals surface area contributed by atoms with Gasteiger partial charge in [-0.15, -0.1) is 11.3 Å². The highest BCUT2D eigenvalue weighted by Gasteiger charge is 2.54. The molecule has 2 aliphatic rings. The van der Waals surface area contributed by atoms with E-state index in [-0.39, 0.29) is 11.5 Å². The van der Waals surface area contributed by atoms with E-state index in [4.69, 9.17) is 4.74 Å². The second-order valence-electron chi connectivity index (χ2n) is 7.60. The molecule has 1 saturated heterocycles. The fourth-order valence-electron chi connectivity index (χ4n) is 3.64. The summed E-state index contributed by atoms with van der Waals surface area (Å²) in [6.45, 7) is 10.2. The van der Waals surface area contributed by atoms with Crippen molar-refractivity contribution in [3.05, 3.63) is 22.4 Å². The molecule has 2 atom stereocenters. The van der Waals surface area contributed by atoms with Crippen molar-refractivity contribution in [1.82, 2.24) is 4.90 Å². The minimum atomic E-state index is -0.452. The zero-order valence-corrected chi connectivity index (χ0v) is 14.3. The first-order valence-corrected chi connectivity index (χ1v) is 8.82. The lowest BCUT2D eigenvalue weighted by molar-refractivity contribution is -0.0914. The molecule has 1 N–H and O–H groups in total. The van der Waals surface area contributed by atoms with E-state index in [1.807, 2.05) is 25.2 Å². The van der Waals surface area contributed by atoms with Gasteiger partial charge >= 0.3 is 0 Å². The van der Waals surface area contributed by atoms with Crippen LogP contribution >= 0.6 is 11.3 Å². The third-order valence-electron chi connectivity index (χ3n) is 4.95. The molecule has 1 aliphatic carbocycles. The van der Waals surface area contributed by atoms with E-state index in [0.717, 1.165) is 13.1 Å². The van der Waals surface area contributed by atoms with Crippen LogP contribution in [0.4, 0.5) is 0 Å². The molecule has 0 spiro atoms. The Hall–Kier alpha value is -0.420. The van der Waals surface area contributed by atoms with Gasteiger partial charge in [0, 0.05) is 29.9 Å². The zero-order valence-electron chi connectivity index (χ0n) is 13.5. The predicted octanol–water partition coefficient (Wildman–Crippen LogP) is 3.28. The molecule has 3 nitrogen and oxygen atoms in total. The van der Waals surface area contributed by atoms with Gasteiger partial charge in [-0.3, -0.25) is 4.90 Å². The lowest BCUT2D eigenvalue weighted by Gasteiger charge is -2.32. The Morgan fingerprint density at radius 3 is 2.48 bits per heavy atom. The number of rotatable bonds is 5. The first-order valence-electron chi connectivity index (χ1n) is 7.94. The number of thiophene rings is 1. The predicted molar refractivity (Wildman–Crippen MR) is 86.5 cm³/mol. The molecule has 0 aromatic carbocycles. The van der Waals surface area contributed by atoms with Gasteiger partial charge in [-0.2, -0.15) is 0 Å². The number of hydrogen-bond donors (Lipinski definition) is 1. The van der Waals surface area contributed by atoms with Crippen molar-refractivity contribution < 1.29 is 9.84 Å². The molecule has 1 aromatic rings. The van der Waals surface area contributed by atoms with Gasteiger partial charge in [0.2, 0.25) is 0 Å². The summed E-state index contributed by atoms with van der Waals surface area (Å²) in [6.07, 6.45) is 2.18. The van der Waals surface area contributed by atoms with Gasteiger partial charge < -0.3 is 9.84 Å². The van der Waals surface area contributed by atoms with E-state index in [1.165, 1.54) is 17.7 Å². The lowest BCUT2D eigenvalue weighted by atomic mass is 9.84. The van der Waals surface area contributed by atoms with Crippen LogP contribution in [0.3, 0.4) is 0 Å². The molecule has 2 heterocycles. The van der Waals surface area contributed by atoms with Crippen LogP contribution in [0.1, 0.15) is 45.4 Å². The van der Waals surface area contributed by atoms with Crippen molar-refractivity contribution in [2.75, 3.05) is 6.54 Å². The molecule has 1 aromatic heterocycles. The first-order chi connectivity index (χ1) is 9.79. The van der Waals surface area contributed by atoms with Gasteiger partial charge in [-0.05, 0) is 52.0 Å². The van der Waals surface area contributed by atoms with Crippen LogP contribution in [0.2, 0.25) is 0 Å². The Morgan fingerprint density at radius 1 is 1.29 bits per heavy atom. The summed E-state index contributed by atoms with van der Waals surface area (Å²) >= 11 is 1.82. The summed E-state index contributed by atoms with van der Waals surface area (Å²) in [4.78, 5) is 3.96. The fourth-order valence-corrected chi connectivity index (χ4v) is 4.37. The first kappa shape index (κ1) is 15.5. The van der Waals surface area contributed by atoms with E-state index in [9.17, 15) is 5.11 Å². The maximum atomic E-state index is 10.7. The summed E-state index contributed by atoms with van der Waals surface area (Å²) < 4.78 is 6.12. The van der Waals surface area contributed by atoms with E-state index < -0.39 is 11.7 Å². The van der Waals surface area contributed by atoms with E-state index in [2.05, 4.69) is 36.3 Å². The second kappa shape index (κ2) is 5.34. The number of ether oxygens (including phenoxy) is 1. The molecule has 0 radical (unpaired) electrons. The maximum absolute atomic E-state index is 10.7. The van der Waals surface area contributed by atoms with Crippen molar-refractivity contribution in [3.8, 4) is 0 Å². The summed E-state index contributed by atoms with van der Waals surface area (Å²) in [7, 11) is 0. The van der Waals surface area contributed by atoms with Crippen LogP contribution < -0.4 is 0 Å². The van der Waals surface area contributed by atoms with Gasteiger partial charge in [-0.1, -0.05) is 6.07 Å². The molecule has 118 valence electrons. The van der Waals surface area contributed by atoms with E-state index >= 15 is 0 Å². The van der Waals surface area contributed by atoms with Crippen LogP contribution in [0.25, 0.3) is 0 Å². The molecule has 2 unspecified atom stereocenters. The minimum Gasteiger partial charge on any atom is -0.390 e. The molecular formula is C17H27NO2S. The summed E-state index contributed by atoms with van der Waals surface area (Å²) in [5.41, 5.74) is -0.724. The van der Waals surface area contributed by atoms with Crippen LogP contribution in [-0.4, -0.2) is 39.9 Å². The Bertz CT molecular complexity index is 479. The number of aliphatic hydroxyl groups excluding tert-OH is 1. The Labute approximate surface area is 131 Å². The molecule has 2 fully saturated rings. The normalized spacial score (nSPS) is 31.0. The zero-order chi connectivity index (χ0) is 15.3. The van der Waals surface area contributed by atoms with Crippen LogP contribution in [0.15, 0.2) is 17.5 Å². The molecular weight excluding hydrogens is 282 g/mol. The minimum absolute atomic E-state index is 0.160. The number of aliphatic hydroxyl groups is 1. The quantitative estimate of drug-likeness (QED) is 0.906.